The van der Waals surface area contributed by atoms with Gasteiger partial charge in [-0.1, -0.05) is 13.8 Å². The largest absolute Gasteiger partial charge is 0.356 e. The number of rotatable bonds is 4. The van der Waals surface area contributed by atoms with Crippen molar-refractivity contribution in [2.24, 2.45) is 5.92 Å². The van der Waals surface area contributed by atoms with Crippen LogP contribution in [0.5, 0.6) is 0 Å². The zero-order chi connectivity index (χ0) is 15.4. The number of aromatic nitrogens is 2. The first-order valence-electron chi connectivity index (χ1n) is 7.91. The molecule has 0 saturated carbocycles. The second kappa shape index (κ2) is 6.87. The first kappa shape index (κ1) is 15.7. The van der Waals surface area contributed by atoms with Crippen LogP contribution in [0.1, 0.15) is 56.3 Å². The summed E-state index contributed by atoms with van der Waals surface area (Å²) < 4.78 is 0. The first-order valence-corrected chi connectivity index (χ1v) is 7.91. The van der Waals surface area contributed by atoms with Gasteiger partial charge in [0.25, 0.3) is 5.91 Å². The lowest BCUT2D eigenvalue weighted by Gasteiger charge is -2.32. The average Bonchev–Trinajstić information content (AvgIpc) is 2.46. The van der Waals surface area contributed by atoms with Crippen molar-refractivity contribution in [1.29, 1.82) is 0 Å². The molecule has 5 heteroatoms. The fraction of sp³-hybridized carbons (Fsp3) is 0.688. The summed E-state index contributed by atoms with van der Waals surface area (Å²) in [7, 11) is 0. The van der Waals surface area contributed by atoms with E-state index in [-0.39, 0.29) is 11.9 Å². The highest BCUT2D eigenvalue weighted by molar-refractivity contribution is 5.93. The van der Waals surface area contributed by atoms with Gasteiger partial charge in [0.2, 0.25) is 0 Å². The number of nitrogens with zero attached hydrogens (tertiary/aromatic N) is 3. The van der Waals surface area contributed by atoms with Crippen LogP contribution in [-0.2, 0) is 0 Å². The lowest BCUT2D eigenvalue weighted by atomic mass is 10.0. The Kier molecular flexibility index (Phi) is 5.15. The number of nitrogens with one attached hydrogen (secondary N) is 1. The Morgan fingerprint density at radius 2 is 2.29 bits per heavy atom. The van der Waals surface area contributed by atoms with Gasteiger partial charge >= 0.3 is 0 Å². The summed E-state index contributed by atoms with van der Waals surface area (Å²) in [6.45, 7) is 10.2. The van der Waals surface area contributed by atoms with Crippen LogP contribution < -0.4 is 10.2 Å². The van der Waals surface area contributed by atoms with Crippen LogP contribution >= 0.6 is 0 Å². The molecule has 116 valence electrons. The molecule has 2 atom stereocenters. The summed E-state index contributed by atoms with van der Waals surface area (Å²) in [5, 5.41) is 2.96. The van der Waals surface area contributed by atoms with Gasteiger partial charge in [-0.3, -0.25) is 4.79 Å². The third-order valence-corrected chi connectivity index (χ3v) is 4.03. The smallest absolute Gasteiger partial charge is 0.270 e. The maximum absolute atomic E-state index is 12.2. The SMILES string of the molecule is CCC(C)NC(=O)c1cc(N2CCCC(C)C2)nc(C)n1. The minimum atomic E-state index is -0.110. The molecule has 5 nitrogen and oxygen atoms in total. The molecule has 2 rings (SSSR count). The van der Waals surface area contributed by atoms with E-state index in [4.69, 9.17) is 0 Å². The van der Waals surface area contributed by atoms with Crippen molar-refractivity contribution in [1.82, 2.24) is 15.3 Å². The topological polar surface area (TPSA) is 58.1 Å². The molecule has 0 aromatic carbocycles. The summed E-state index contributed by atoms with van der Waals surface area (Å²) in [6.07, 6.45) is 3.35. The van der Waals surface area contributed by atoms with E-state index in [1.807, 2.05) is 19.9 Å². The Hall–Kier alpha value is -1.65. The van der Waals surface area contributed by atoms with Crippen LogP contribution in [0.25, 0.3) is 0 Å². The monoisotopic (exact) mass is 290 g/mol. The molecule has 0 bridgehead atoms. The number of hydrogen-bond acceptors (Lipinski definition) is 4. The Bertz CT molecular complexity index is 503. The molecule has 0 radical (unpaired) electrons. The van der Waals surface area contributed by atoms with E-state index < -0.39 is 0 Å². The molecule has 21 heavy (non-hydrogen) atoms. The van der Waals surface area contributed by atoms with Crippen LogP contribution in [0.3, 0.4) is 0 Å². The second-order valence-electron chi connectivity index (χ2n) is 6.13. The fourth-order valence-electron chi connectivity index (χ4n) is 2.63. The van der Waals surface area contributed by atoms with Crippen LogP contribution in [-0.4, -0.2) is 35.0 Å². The first-order chi connectivity index (χ1) is 9.99. The lowest BCUT2D eigenvalue weighted by molar-refractivity contribution is 0.0934. The molecule has 1 saturated heterocycles. The van der Waals surface area contributed by atoms with Crippen molar-refractivity contribution in [3.63, 3.8) is 0 Å². The lowest BCUT2D eigenvalue weighted by Crippen LogP contribution is -2.36. The highest BCUT2D eigenvalue weighted by atomic mass is 16.1. The van der Waals surface area contributed by atoms with Crippen molar-refractivity contribution in [2.45, 2.75) is 53.0 Å². The number of carbonyl (C=O) groups excluding carboxylic acids is 1. The predicted molar refractivity (Wildman–Crippen MR) is 84.6 cm³/mol. The van der Waals surface area contributed by atoms with Gasteiger partial charge in [-0.2, -0.15) is 0 Å². The van der Waals surface area contributed by atoms with Crippen molar-refractivity contribution in [2.75, 3.05) is 18.0 Å². The molecule has 1 N–H and O–H groups in total. The quantitative estimate of drug-likeness (QED) is 0.926. The highest BCUT2D eigenvalue weighted by Gasteiger charge is 2.20. The van der Waals surface area contributed by atoms with Gasteiger partial charge in [-0.15, -0.1) is 0 Å². The second-order valence-corrected chi connectivity index (χ2v) is 6.13. The number of anilines is 1. The molecule has 2 unspecified atom stereocenters. The average molecular weight is 290 g/mol. The molecule has 1 aromatic rings. The van der Waals surface area contributed by atoms with Gasteiger partial charge in [0, 0.05) is 25.2 Å². The van der Waals surface area contributed by atoms with Crippen LogP contribution in [0.4, 0.5) is 5.82 Å². The van der Waals surface area contributed by atoms with E-state index in [0.717, 1.165) is 25.3 Å². The number of aryl methyl sites for hydroxylation is 1. The molecule has 0 aliphatic carbocycles. The Morgan fingerprint density at radius 3 is 2.95 bits per heavy atom. The van der Waals surface area contributed by atoms with Gasteiger partial charge in [0.05, 0.1) is 0 Å². The predicted octanol–water partition coefficient (Wildman–Crippen LogP) is 2.55. The van der Waals surface area contributed by atoms with E-state index >= 15 is 0 Å². The van der Waals surface area contributed by atoms with Gasteiger partial charge in [0.15, 0.2) is 0 Å². The molecule has 1 aromatic heterocycles. The minimum Gasteiger partial charge on any atom is -0.356 e. The van der Waals surface area contributed by atoms with E-state index in [1.54, 1.807) is 0 Å². The van der Waals surface area contributed by atoms with Crippen molar-refractivity contribution < 1.29 is 4.79 Å². The number of piperidine rings is 1. The molecule has 0 spiro atoms. The fourth-order valence-corrected chi connectivity index (χ4v) is 2.63. The van der Waals surface area contributed by atoms with Gasteiger partial charge in [-0.05, 0) is 39.0 Å². The zero-order valence-electron chi connectivity index (χ0n) is 13.5. The molecule has 1 fully saturated rings. The van der Waals surface area contributed by atoms with Crippen molar-refractivity contribution in [3.05, 3.63) is 17.6 Å². The zero-order valence-corrected chi connectivity index (χ0v) is 13.5. The van der Waals surface area contributed by atoms with Crippen LogP contribution in [0.15, 0.2) is 6.07 Å². The molecule has 2 heterocycles. The van der Waals surface area contributed by atoms with E-state index in [0.29, 0.717) is 17.4 Å². The standard InChI is InChI=1S/C16H26N4O/c1-5-12(3)17-16(21)14-9-15(19-13(4)18-14)20-8-6-7-11(2)10-20/h9,11-12H,5-8,10H2,1-4H3,(H,17,21). The third-order valence-electron chi connectivity index (χ3n) is 4.03. The Labute approximate surface area is 127 Å². The maximum atomic E-state index is 12.2. The molecule has 1 aliphatic rings. The maximum Gasteiger partial charge on any atom is 0.270 e. The summed E-state index contributed by atoms with van der Waals surface area (Å²) in [5.41, 5.74) is 0.469. The number of carbonyl (C=O) groups is 1. The van der Waals surface area contributed by atoms with Crippen molar-refractivity contribution >= 4 is 11.7 Å². The van der Waals surface area contributed by atoms with E-state index in [9.17, 15) is 4.79 Å². The normalized spacial score (nSPS) is 20.2. The number of amides is 1. The van der Waals surface area contributed by atoms with E-state index in [1.165, 1.54) is 12.8 Å². The highest BCUT2D eigenvalue weighted by Crippen LogP contribution is 2.21. The van der Waals surface area contributed by atoms with E-state index in [2.05, 4.69) is 34.0 Å². The van der Waals surface area contributed by atoms with Gasteiger partial charge in [0.1, 0.15) is 17.3 Å². The van der Waals surface area contributed by atoms with Gasteiger partial charge in [-0.25, -0.2) is 9.97 Å². The minimum absolute atomic E-state index is 0.110. The summed E-state index contributed by atoms with van der Waals surface area (Å²) >= 11 is 0. The molecule has 1 amide bonds. The molecular weight excluding hydrogens is 264 g/mol. The molecule has 1 aliphatic heterocycles. The summed E-state index contributed by atoms with van der Waals surface area (Å²) in [4.78, 5) is 23.3. The summed E-state index contributed by atoms with van der Waals surface area (Å²) in [5.74, 6) is 2.09. The summed E-state index contributed by atoms with van der Waals surface area (Å²) in [6, 6.07) is 1.98. The van der Waals surface area contributed by atoms with Crippen molar-refractivity contribution in [3.8, 4) is 0 Å². The van der Waals surface area contributed by atoms with Crippen LogP contribution in [0.2, 0.25) is 0 Å². The Balaban J connectivity index is 2.18. The third kappa shape index (κ3) is 4.16. The Morgan fingerprint density at radius 1 is 1.52 bits per heavy atom. The molecular formula is C16H26N4O. The van der Waals surface area contributed by atoms with Crippen LogP contribution in [0, 0.1) is 12.8 Å². The van der Waals surface area contributed by atoms with Gasteiger partial charge < -0.3 is 10.2 Å². The number of hydrogen-bond donors (Lipinski definition) is 1.